The Kier molecular flexibility index (Phi) is 3.81. The van der Waals surface area contributed by atoms with Gasteiger partial charge in [0.2, 0.25) is 0 Å². The maximum atomic E-state index is 11.1. The largest absolute Gasteiger partial charge is 0.375 e. The number of piperidine rings is 1. The second-order valence-corrected chi connectivity index (χ2v) is 5.99. The van der Waals surface area contributed by atoms with Crippen molar-refractivity contribution in [2.24, 2.45) is 0 Å². The molecule has 5 nitrogen and oxygen atoms in total. The van der Waals surface area contributed by atoms with Gasteiger partial charge in [-0.3, -0.25) is 15.0 Å². The van der Waals surface area contributed by atoms with Crippen molar-refractivity contribution in [1.29, 1.82) is 0 Å². The zero-order valence-electron chi connectivity index (χ0n) is 11.2. The molecule has 1 N–H and O–H groups in total. The van der Waals surface area contributed by atoms with Gasteiger partial charge in [0.15, 0.2) is 0 Å². The Bertz CT molecular complexity index is 523. The maximum absolute atomic E-state index is 11.1. The summed E-state index contributed by atoms with van der Waals surface area (Å²) in [7, 11) is 0. The molecule has 2 unspecified atom stereocenters. The lowest BCUT2D eigenvalue weighted by molar-refractivity contribution is -0.384. The van der Waals surface area contributed by atoms with Crippen molar-refractivity contribution >= 4 is 23.0 Å². The standard InChI is InChI=1S/C14H18ClN3O2/c15-10-4-5-11(14(9-10)18(19)20)16-12-6-8-17-7-2-1-3-13(12)17/h4-5,9,12-13,16H,1-3,6-8H2. The zero-order valence-corrected chi connectivity index (χ0v) is 12.0. The zero-order chi connectivity index (χ0) is 14.1. The first-order valence-electron chi connectivity index (χ1n) is 7.09. The van der Waals surface area contributed by atoms with E-state index in [2.05, 4.69) is 10.2 Å². The van der Waals surface area contributed by atoms with Gasteiger partial charge in [0.05, 0.1) is 4.92 Å². The molecule has 2 atom stereocenters. The second-order valence-electron chi connectivity index (χ2n) is 5.56. The SMILES string of the molecule is O=[N+]([O-])c1cc(Cl)ccc1NC1CCN2CCCCC12. The van der Waals surface area contributed by atoms with Crippen LogP contribution in [0.5, 0.6) is 0 Å². The summed E-state index contributed by atoms with van der Waals surface area (Å²) in [6.45, 7) is 2.25. The van der Waals surface area contributed by atoms with Crippen molar-refractivity contribution in [3.05, 3.63) is 33.3 Å². The van der Waals surface area contributed by atoms with Crippen molar-refractivity contribution in [3.63, 3.8) is 0 Å². The third kappa shape index (κ3) is 2.60. The summed E-state index contributed by atoms with van der Waals surface area (Å²) in [5.74, 6) is 0. The molecule has 2 fully saturated rings. The van der Waals surface area contributed by atoms with E-state index in [1.807, 2.05) is 0 Å². The van der Waals surface area contributed by atoms with Gasteiger partial charge in [0, 0.05) is 29.7 Å². The highest BCUT2D eigenvalue weighted by Gasteiger charge is 2.36. The molecular formula is C14H18ClN3O2. The third-order valence-electron chi connectivity index (χ3n) is 4.35. The van der Waals surface area contributed by atoms with Crippen LogP contribution in [-0.4, -0.2) is 35.0 Å². The Labute approximate surface area is 123 Å². The normalized spacial score (nSPS) is 26.2. The Morgan fingerprint density at radius 3 is 2.95 bits per heavy atom. The smallest absolute Gasteiger partial charge is 0.293 e. The maximum Gasteiger partial charge on any atom is 0.293 e. The summed E-state index contributed by atoms with van der Waals surface area (Å²) in [5, 5.41) is 14.9. The summed E-state index contributed by atoms with van der Waals surface area (Å²) in [5.41, 5.74) is 0.642. The van der Waals surface area contributed by atoms with Gasteiger partial charge >= 0.3 is 0 Å². The van der Waals surface area contributed by atoms with Crippen molar-refractivity contribution in [1.82, 2.24) is 4.90 Å². The Morgan fingerprint density at radius 1 is 1.30 bits per heavy atom. The van der Waals surface area contributed by atoms with Gasteiger partial charge in [0.25, 0.3) is 5.69 Å². The lowest BCUT2D eigenvalue weighted by Crippen LogP contribution is -2.41. The van der Waals surface area contributed by atoms with Crippen LogP contribution in [0, 0.1) is 10.1 Å². The van der Waals surface area contributed by atoms with Crippen LogP contribution in [0.1, 0.15) is 25.7 Å². The molecule has 2 saturated heterocycles. The van der Waals surface area contributed by atoms with Gasteiger partial charge in [-0.2, -0.15) is 0 Å². The number of nitrogens with one attached hydrogen (secondary N) is 1. The quantitative estimate of drug-likeness (QED) is 0.687. The van der Waals surface area contributed by atoms with E-state index < -0.39 is 0 Å². The van der Waals surface area contributed by atoms with Crippen LogP contribution in [0.2, 0.25) is 5.02 Å². The van der Waals surface area contributed by atoms with Gasteiger partial charge in [-0.25, -0.2) is 0 Å². The second kappa shape index (κ2) is 5.58. The lowest BCUT2D eigenvalue weighted by atomic mass is 9.99. The summed E-state index contributed by atoms with van der Waals surface area (Å²) < 4.78 is 0. The summed E-state index contributed by atoms with van der Waals surface area (Å²) in [6, 6.07) is 5.64. The lowest BCUT2D eigenvalue weighted by Gasteiger charge is -2.32. The minimum Gasteiger partial charge on any atom is -0.375 e. The van der Waals surface area contributed by atoms with Crippen LogP contribution in [0.3, 0.4) is 0 Å². The molecule has 0 radical (unpaired) electrons. The number of halogens is 1. The fraction of sp³-hybridized carbons (Fsp3) is 0.571. The van der Waals surface area contributed by atoms with E-state index in [1.165, 1.54) is 25.3 Å². The van der Waals surface area contributed by atoms with Crippen molar-refractivity contribution in [3.8, 4) is 0 Å². The highest BCUT2D eigenvalue weighted by Crippen LogP contribution is 2.33. The predicted molar refractivity (Wildman–Crippen MR) is 79.3 cm³/mol. The Morgan fingerprint density at radius 2 is 2.15 bits per heavy atom. The number of rotatable bonds is 3. The molecule has 3 rings (SSSR count). The van der Waals surface area contributed by atoms with E-state index in [-0.39, 0.29) is 10.6 Å². The number of hydrogen-bond acceptors (Lipinski definition) is 4. The average molecular weight is 296 g/mol. The summed E-state index contributed by atoms with van der Waals surface area (Å²) in [4.78, 5) is 13.3. The van der Waals surface area contributed by atoms with Crippen LogP contribution >= 0.6 is 11.6 Å². The highest BCUT2D eigenvalue weighted by atomic mass is 35.5. The molecule has 0 bridgehead atoms. The molecule has 2 heterocycles. The molecule has 2 aliphatic rings. The first-order valence-corrected chi connectivity index (χ1v) is 7.47. The molecule has 0 aliphatic carbocycles. The van der Waals surface area contributed by atoms with E-state index >= 15 is 0 Å². The highest BCUT2D eigenvalue weighted by molar-refractivity contribution is 6.30. The molecule has 1 aromatic rings. The average Bonchev–Trinajstić information content (AvgIpc) is 2.84. The molecule has 108 valence electrons. The fourth-order valence-corrected chi connectivity index (χ4v) is 3.56. The Hall–Kier alpha value is -1.33. The summed E-state index contributed by atoms with van der Waals surface area (Å²) in [6.07, 6.45) is 4.75. The van der Waals surface area contributed by atoms with Gasteiger partial charge in [-0.15, -0.1) is 0 Å². The number of nitro groups is 1. The molecule has 0 amide bonds. The van der Waals surface area contributed by atoms with E-state index in [0.717, 1.165) is 19.5 Å². The van der Waals surface area contributed by atoms with Crippen LogP contribution in [0.15, 0.2) is 18.2 Å². The number of nitro benzene ring substituents is 1. The summed E-state index contributed by atoms with van der Waals surface area (Å²) >= 11 is 5.85. The third-order valence-corrected chi connectivity index (χ3v) is 4.59. The van der Waals surface area contributed by atoms with Crippen molar-refractivity contribution in [2.75, 3.05) is 18.4 Å². The van der Waals surface area contributed by atoms with E-state index in [0.29, 0.717) is 22.8 Å². The molecule has 0 saturated carbocycles. The predicted octanol–water partition coefficient (Wildman–Crippen LogP) is 3.29. The molecule has 6 heteroatoms. The van der Waals surface area contributed by atoms with Crippen molar-refractivity contribution in [2.45, 2.75) is 37.8 Å². The van der Waals surface area contributed by atoms with Crippen LogP contribution in [-0.2, 0) is 0 Å². The van der Waals surface area contributed by atoms with E-state index in [4.69, 9.17) is 11.6 Å². The Balaban J connectivity index is 1.79. The van der Waals surface area contributed by atoms with Gasteiger partial charge in [-0.1, -0.05) is 18.0 Å². The molecule has 2 aliphatic heterocycles. The number of fused-ring (bicyclic) bond motifs is 1. The van der Waals surface area contributed by atoms with E-state index in [1.54, 1.807) is 12.1 Å². The number of nitrogens with zero attached hydrogens (tertiary/aromatic N) is 2. The van der Waals surface area contributed by atoms with Gasteiger partial charge in [0.1, 0.15) is 5.69 Å². The van der Waals surface area contributed by atoms with Crippen LogP contribution in [0.4, 0.5) is 11.4 Å². The first-order chi connectivity index (χ1) is 9.65. The van der Waals surface area contributed by atoms with Crippen LogP contribution in [0.25, 0.3) is 0 Å². The number of anilines is 1. The minimum absolute atomic E-state index is 0.0618. The minimum atomic E-state index is -0.373. The first kappa shape index (κ1) is 13.6. The van der Waals surface area contributed by atoms with E-state index in [9.17, 15) is 10.1 Å². The molecular weight excluding hydrogens is 278 g/mol. The van der Waals surface area contributed by atoms with Gasteiger partial charge in [-0.05, 0) is 37.9 Å². The number of benzene rings is 1. The monoisotopic (exact) mass is 295 g/mol. The molecule has 20 heavy (non-hydrogen) atoms. The van der Waals surface area contributed by atoms with Crippen LogP contribution < -0.4 is 5.32 Å². The number of hydrogen-bond donors (Lipinski definition) is 1. The molecule has 0 spiro atoms. The fourth-order valence-electron chi connectivity index (χ4n) is 3.39. The van der Waals surface area contributed by atoms with Gasteiger partial charge < -0.3 is 5.32 Å². The topological polar surface area (TPSA) is 58.4 Å². The molecule has 1 aromatic carbocycles. The van der Waals surface area contributed by atoms with Crippen molar-refractivity contribution < 1.29 is 4.92 Å². The molecule has 0 aromatic heterocycles.